The van der Waals surface area contributed by atoms with Crippen molar-refractivity contribution >= 4 is 5.91 Å². The van der Waals surface area contributed by atoms with Gasteiger partial charge >= 0.3 is 0 Å². The van der Waals surface area contributed by atoms with E-state index in [1.54, 1.807) is 7.11 Å². The molecule has 14 heavy (non-hydrogen) atoms. The van der Waals surface area contributed by atoms with Crippen LogP contribution in [-0.4, -0.2) is 43.2 Å². The molecule has 0 fully saturated rings. The van der Waals surface area contributed by atoms with E-state index in [0.717, 1.165) is 6.54 Å². The Morgan fingerprint density at radius 2 is 2.14 bits per heavy atom. The summed E-state index contributed by atoms with van der Waals surface area (Å²) < 4.78 is 5.05. The van der Waals surface area contributed by atoms with Crippen molar-refractivity contribution in [2.24, 2.45) is 5.84 Å². The summed E-state index contributed by atoms with van der Waals surface area (Å²) in [6, 6.07) is -0.0209. The van der Waals surface area contributed by atoms with Crippen LogP contribution in [0.1, 0.15) is 20.8 Å². The van der Waals surface area contributed by atoms with E-state index in [0.29, 0.717) is 6.61 Å². The first-order valence-corrected chi connectivity index (χ1v) is 4.83. The van der Waals surface area contributed by atoms with Gasteiger partial charge in [0, 0.05) is 13.2 Å². The molecule has 1 amide bonds. The molecular formula is C9H21N3O2. The lowest BCUT2D eigenvalue weighted by Gasteiger charge is -2.31. The van der Waals surface area contributed by atoms with Crippen LogP contribution in [0.5, 0.6) is 0 Å². The Morgan fingerprint density at radius 3 is 2.50 bits per heavy atom. The van der Waals surface area contributed by atoms with Crippen molar-refractivity contribution in [3.05, 3.63) is 0 Å². The van der Waals surface area contributed by atoms with Gasteiger partial charge in [-0.15, -0.1) is 0 Å². The summed E-state index contributed by atoms with van der Waals surface area (Å²) in [6.45, 7) is 7.26. The average molecular weight is 203 g/mol. The molecule has 0 saturated carbocycles. The third-order valence-electron chi connectivity index (χ3n) is 2.36. The number of likely N-dealkylation sites (N-methyl/N-ethyl adjacent to an activating group) is 1. The summed E-state index contributed by atoms with van der Waals surface area (Å²) in [7, 11) is 1.65. The van der Waals surface area contributed by atoms with Crippen molar-refractivity contribution in [3.63, 3.8) is 0 Å². The number of carbonyl (C=O) groups is 1. The van der Waals surface area contributed by atoms with E-state index < -0.39 is 0 Å². The first kappa shape index (κ1) is 13.4. The van der Waals surface area contributed by atoms with Crippen molar-refractivity contribution in [2.75, 3.05) is 20.3 Å². The topological polar surface area (TPSA) is 67.6 Å². The summed E-state index contributed by atoms with van der Waals surface area (Å²) in [5, 5.41) is 0. The van der Waals surface area contributed by atoms with Gasteiger partial charge in [-0.25, -0.2) is 5.84 Å². The number of ether oxygens (including phenoxy) is 1. The molecule has 0 radical (unpaired) electrons. The highest BCUT2D eigenvalue weighted by atomic mass is 16.5. The van der Waals surface area contributed by atoms with Gasteiger partial charge in [-0.3, -0.25) is 15.1 Å². The van der Waals surface area contributed by atoms with E-state index in [1.165, 1.54) is 0 Å². The number of hydrogen-bond acceptors (Lipinski definition) is 4. The minimum absolute atomic E-state index is 0.171. The maximum atomic E-state index is 11.3. The molecule has 3 N–H and O–H groups in total. The van der Waals surface area contributed by atoms with E-state index in [-0.39, 0.29) is 18.0 Å². The molecule has 0 spiro atoms. The van der Waals surface area contributed by atoms with Crippen LogP contribution in [0.25, 0.3) is 0 Å². The highest BCUT2D eigenvalue weighted by molar-refractivity contribution is 5.80. The van der Waals surface area contributed by atoms with Crippen LogP contribution >= 0.6 is 0 Å². The number of nitrogens with zero attached hydrogens (tertiary/aromatic N) is 1. The lowest BCUT2D eigenvalue weighted by molar-refractivity contribution is -0.127. The summed E-state index contributed by atoms with van der Waals surface area (Å²) in [5.41, 5.74) is 2.16. The van der Waals surface area contributed by atoms with Crippen LogP contribution in [0.2, 0.25) is 0 Å². The monoisotopic (exact) mass is 203 g/mol. The van der Waals surface area contributed by atoms with E-state index in [4.69, 9.17) is 10.6 Å². The van der Waals surface area contributed by atoms with Gasteiger partial charge in [-0.05, 0) is 20.4 Å². The quantitative estimate of drug-likeness (QED) is 0.354. The van der Waals surface area contributed by atoms with E-state index in [9.17, 15) is 4.79 Å². The smallest absolute Gasteiger partial charge is 0.250 e. The van der Waals surface area contributed by atoms with Crippen LogP contribution in [0.15, 0.2) is 0 Å². The Labute approximate surface area is 85.6 Å². The highest BCUT2D eigenvalue weighted by Crippen LogP contribution is 2.05. The zero-order valence-corrected chi connectivity index (χ0v) is 9.41. The summed E-state index contributed by atoms with van der Waals surface area (Å²) in [6.07, 6.45) is 0. The first-order chi connectivity index (χ1) is 6.58. The zero-order valence-electron chi connectivity index (χ0n) is 9.41. The van der Waals surface area contributed by atoms with Crippen LogP contribution < -0.4 is 11.3 Å². The first-order valence-electron chi connectivity index (χ1n) is 4.83. The number of rotatable bonds is 6. The number of methoxy groups -OCH3 is 1. The maximum absolute atomic E-state index is 11.3. The number of hydrazine groups is 1. The predicted octanol–water partition coefficient (Wildman–Crippen LogP) is -0.278. The van der Waals surface area contributed by atoms with E-state index >= 15 is 0 Å². The largest absolute Gasteiger partial charge is 0.383 e. The number of carbonyl (C=O) groups excluding carboxylic acids is 1. The second-order valence-electron chi connectivity index (χ2n) is 3.32. The molecule has 0 aliphatic heterocycles. The zero-order chi connectivity index (χ0) is 11.1. The molecule has 0 aromatic rings. The minimum Gasteiger partial charge on any atom is -0.383 e. The summed E-state index contributed by atoms with van der Waals surface area (Å²) >= 11 is 0. The second-order valence-corrected chi connectivity index (χ2v) is 3.32. The van der Waals surface area contributed by atoms with Crippen molar-refractivity contribution in [2.45, 2.75) is 32.9 Å². The molecule has 0 aromatic carbocycles. The van der Waals surface area contributed by atoms with Crippen molar-refractivity contribution in [1.29, 1.82) is 0 Å². The molecule has 0 aliphatic carbocycles. The van der Waals surface area contributed by atoms with Crippen LogP contribution in [0, 0.1) is 0 Å². The molecule has 0 heterocycles. The molecule has 5 nitrogen and oxygen atoms in total. The average Bonchev–Trinajstić information content (AvgIpc) is 2.18. The molecule has 0 bridgehead atoms. The van der Waals surface area contributed by atoms with Gasteiger partial charge in [0.1, 0.15) is 0 Å². The van der Waals surface area contributed by atoms with Crippen molar-refractivity contribution in [3.8, 4) is 0 Å². The molecule has 0 aromatic heterocycles. The Bertz CT molecular complexity index is 175. The van der Waals surface area contributed by atoms with Gasteiger partial charge in [0.15, 0.2) is 0 Å². The Morgan fingerprint density at radius 1 is 1.57 bits per heavy atom. The Kier molecular flexibility index (Phi) is 6.44. The van der Waals surface area contributed by atoms with Gasteiger partial charge in [0.2, 0.25) is 0 Å². The molecule has 84 valence electrons. The van der Waals surface area contributed by atoms with Gasteiger partial charge in [0.25, 0.3) is 5.91 Å². The summed E-state index contributed by atoms with van der Waals surface area (Å²) in [4.78, 5) is 13.3. The maximum Gasteiger partial charge on any atom is 0.250 e. The molecule has 2 atom stereocenters. The van der Waals surface area contributed by atoms with Crippen LogP contribution in [0.4, 0.5) is 0 Å². The third-order valence-corrected chi connectivity index (χ3v) is 2.36. The SMILES string of the molecule is CCN(C(C)COC)C(C)C(=O)NN. The minimum atomic E-state index is -0.227. The van der Waals surface area contributed by atoms with Gasteiger partial charge in [-0.1, -0.05) is 6.92 Å². The normalized spacial score (nSPS) is 15.3. The molecule has 2 unspecified atom stereocenters. The molecule has 0 saturated heterocycles. The van der Waals surface area contributed by atoms with E-state index in [1.807, 2.05) is 25.7 Å². The summed E-state index contributed by atoms with van der Waals surface area (Å²) in [5.74, 6) is 4.91. The molecule has 0 aliphatic rings. The Hall–Kier alpha value is -0.650. The van der Waals surface area contributed by atoms with E-state index in [2.05, 4.69) is 5.43 Å². The van der Waals surface area contributed by atoms with Gasteiger partial charge in [0.05, 0.1) is 12.6 Å². The lowest BCUT2D eigenvalue weighted by atomic mass is 10.2. The van der Waals surface area contributed by atoms with Crippen molar-refractivity contribution in [1.82, 2.24) is 10.3 Å². The fourth-order valence-corrected chi connectivity index (χ4v) is 1.58. The van der Waals surface area contributed by atoms with Crippen LogP contribution in [0.3, 0.4) is 0 Å². The molecule has 5 heteroatoms. The fraction of sp³-hybridized carbons (Fsp3) is 0.889. The van der Waals surface area contributed by atoms with Crippen molar-refractivity contribution < 1.29 is 9.53 Å². The lowest BCUT2D eigenvalue weighted by Crippen LogP contribution is -2.51. The van der Waals surface area contributed by atoms with Crippen LogP contribution in [-0.2, 0) is 9.53 Å². The second kappa shape index (κ2) is 6.75. The fourth-order valence-electron chi connectivity index (χ4n) is 1.58. The Balaban J connectivity index is 4.30. The number of hydrogen-bond donors (Lipinski definition) is 2. The number of nitrogens with one attached hydrogen (secondary N) is 1. The highest BCUT2D eigenvalue weighted by Gasteiger charge is 2.23. The predicted molar refractivity (Wildman–Crippen MR) is 55.5 cm³/mol. The number of nitrogens with two attached hydrogens (primary N) is 1. The standard InChI is InChI=1S/C9H21N3O2/c1-5-12(7(2)6-14-4)8(3)9(13)11-10/h7-8H,5-6,10H2,1-4H3,(H,11,13). The molecular weight excluding hydrogens is 182 g/mol. The van der Waals surface area contributed by atoms with Gasteiger partial charge < -0.3 is 4.74 Å². The van der Waals surface area contributed by atoms with Gasteiger partial charge in [-0.2, -0.15) is 0 Å². The number of amides is 1. The molecule has 0 rings (SSSR count). The third kappa shape index (κ3) is 3.61.